The van der Waals surface area contributed by atoms with E-state index in [-0.39, 0.29) is 5.91 Å². The van der Waals surface area contributed by atoms with Crippen molar-refractivity contribution in [2.24, 2.45) is 5.92 Å². The van der Waals surface area contributed by atoms with Crippen LogP contribution in [0.15, 0.2) is 18.2 Å². The van der Waals surface area contributed by atoms with Crippen LogP contribution in [0.25, 0.3) is 0 Å². The fourth-order valence-corrected chi connectivity index (χ4v) is 3.12. The van der Waals surface area contributed by atoms with Gasteiger partial charge >= 0.3 is 0 Å². The molecule has 4 heteroatoms. The summed E-state index contributed by atoms with van der Waals surface area (Å²) < 4.78 is 5.22. The number of amides is 1. The second-order valence-corrected chi connectivity index (χ2v) is 6.34. The number of benzene rings is 1. The number of piperidine rings is 1. The van der Waals surface area contributed by atoms with Crippen LogP contribution >= 0.6 is 0 Å². The first-order valence-corrected chi connectivity index (χ1v) is 8.25. The number of carbonyl (C=O) groups is 1. The highest BCUT2D eigenvalue weighted by molar-refractivity contribution is 5.94. The van der Waals surface area contributed by atoms with E-state index in [4.69, 9.17) is 4.74 Å². The Balaban J connectivity index is 1.72. The molecule has 0 spiro atoms. The lowest BCUT2D eigenvalue weighted by Crippen LogP contribution is -2.36. The predicted octanol–water partition coefficient (Wildman–Crippen LogP) is 2.86. The van der Waals surface area contributed by atoms with Crippen molar-refractivity contribution in [2.75, 3.05) is 33.3 Å². The average molecular weight is 304 g/mol. The summed E-state index contributed by atoms with van der Waals surface area (Å²) >= 11 is 0. The number of carbonyl (C=O) groups excluding carboxylic acids is 1. The van der Waals surface area contributed by atoms with E-state index in [1.54, 1.807) is 7.11 Å². The Kier molecular flexibility index (Phi) is 6.25. The zero-order chi connectivity index (χ0) is 15.9. The highest BCUT2D eigenvalue weighted by Gasteiger charge is 2.15. The van der Waals surface area contributed by atoms with Gasteiger partial charge in [-0.1, -0.05) is 6.92 Å². The fraction of sp³-hybridized carbons (Fsp3) is 0.611. The number of hydrogen-bond donors (Lipinski definition) is 1. The zero-order valence-corrected chi connectivity index (χ0v) is 14.0. The molecule has 1 N–H and O–H groups in total. The van der Waals surface area contributed by atoms with Crippen molar-refractivity contribution in [3.63, 3.8) is 0 Å². The van der Waals surface area contributed by atoms with Crippen molar-refractivity contribution in [1.82, 2.24) is 10.2 Å². The van der Waals surface area contributed by atoms with E-state index in [0.29, 0.717) is 5.56 Å². The lowest BCUT2D eigenvalue weighted by Gasteiger charge is -2.30. The van der Waals surface area contributed by atoms with Crippen molar-refractivity contribution in [3.8, 4) is 5.75 Å². The van der Waals surface area contributed by atoms with Crippen LogP contribution < -0.4 is 10.1 Å². The Morgan fingerprint density at radius 2 is 2.27 bits per heavy atom. The van der Waals surface area contributed by atoms with Gasteiger partial charge in [0.1, 0.15) is 5.75 Å². The summed E-state index contributed by atoms with van der Waals surface area (Å²) in [5.74, 6) is 1.62. The van der Waals surface area contributed by atoms with Gasteiger partial charge in [0.25, 0.3) is 5.91 Å². The van der Waals surface area contributed by atoms with Gasteiger partial charge in [-0.3, -0.25) is 4.79 Å². The third-order valence-electron chi connectivity index (χ3n) is 4.33. The van der Waals surface area contributed by atoms with Gasteiger partial charge in [-0.15, -0.1) is 0 Å². The topological polar surface area (TPSA) is 41.6 Å². The van der Waals surface area contributed by atoms with Crippen LogP contribution in [0, 0.1) is 12.8 Å². The molecule has 1 atom stereocenters. The number of hydrogen-bond acceptors (Lipinski definition) is 3. The number of likely N-dealkylation sites (tertiary alicyclic amines) is 1. The molecule has 1 aromatic rings. The summed E-state index contributed by atoms with van der Waals surface area (Å²) in [6.07, 6.45) is 3.66. The Hall–Kier alpha value is -1.55. The number of aryl methyl sites for hydroxylation is 1. The summed E-state index contributed by atoms with van der Waals surface area (Å²) in [7, 11) is 1.64. The number of methoxy groups -OCH3 is 1. The van der Waals surface area contributed by atoms with Gasteiger partial charge in [0, 0.05) is 18.7 Å². The minimum absolute atomic E-state index is 0.00207. The molecule has 0 bridgehead atoms. The standard InChI is InChI=1S/C18H28N2O2/c1-14-6-4-10-20(13-14)11-5-9-19-18(21)16-7-8-17(22-3)15(2)12-16/h7-8,12,14H,4-6,9-11,13H2,1-3H3,(H,19,21). The molecule has 0 aliphatic carbocycles. The van der Waals surface area contributed by atoms with Crippen LogP contribution in [0.2, 0.25) is 0 Å². The third-order valence-corrected chi connectivity index (χ3v) is 4.33. The zero-order valence-electron chi connectivity index (χ0n) is 14.0. The molecule has 0 radical (unpaired) electrons. The third kappa shape index (κ3) is 4.73. The Labute approximate surface area is 133 Å². The highest BCUT2D eigenvalue weighted by Crippen LogP contribution is 2.18. The molecule has 1 aliphatic rings. The molecule has 1 aromatic carbocycles. The largest absolute Gasteiger partial charge is 0.496 e. The molecule has 1 fully saturated rings. The maximum atomic E-state index is 12.1. The van der Waals surface area contributed by atoms with Crippen molar-refractivity contribution >= 4 is 5.91 Å². The van der Waals surface area contributed by atoms with Gasteiger partial charge in [0.05, 0.1) is 7.11 Å². The fourth-order valence-electron chi connectivity index (χ4n) is 3.12. The minimum Gasteiger partial charge on any atom is -0.496 e. The van der Waals surface area contributed by atoms with E-state index in [9.17, 15) is 4.79 Å². The molecule has 1 unspecified atom stereocenters. The first-order valence-electron chi connectivity index (χ1n) is 8.25. The second kappa shape index (κ2) is 8.18. The van der Waals surface area contributed by atoms with Crippen molar-refractivity contribution in [3.05, 3.63) is 29.3 Å². The Bertz CT molecular complexity index is 502. The molecule has 1 heterocycles. The molecule has 0 aromatic heterocycles. The smallest absolute Gasteiger partial charge is 0.251 e. The summed E-state index contributed by atoms with van der Waals surface area (Å²) in [6.45, 7) is 8.48. The lowest BCUT2D eigenvalue weighted by atomic mass is 10.0. The van der Waals surface area contributed by atoms with Gasteiger partial charge in [-0.2, -0.15) is 0 Å². The van der Waals surface area contributed by atoms with E-state index in [1.807, 2.05) is 25.1 Å². The van der Waals surface area contributed by atoms with Gasteiger partial charge < -0.3 is 15.0 Å². The maximum absolute atomic E-state index is 12.1. The quantitative estimate of drug-likeness (QED) is 0.822. The van der Waals surface area contributed by atoms with Crippen LogP contribution in [-0.2, 0) is 0 Å². The molecule has 1 aliphatic heterocycles. The summed E-state index contributed by atoms with van der Waals surface area (Å²) in [6, 6.07) is 5.54. The summed E-state index contributed by atoms with van der Waals surface area (Å²) in [5.41, 5.74) is 1.68. The predicted molar refractivity (Wildman–Crippen MR) is 89.5 cm³/mol. The molecule has 1 amide bonds. The minimum atomic E-state index is -0.00207. The SMILES string of the molecule is COc1ccc(C(=O)NCCCN2CCCC(C)C2)cc1C. The number of ether oxygens (including phenoxy) is 1. The van der Waals surface area contributed by atoms with Gasteiger partial charge in [0.15, 0.2) is 0 Å². The molecule has 4 nitrogen and oxygen atoms in total. The number of rotatable bonds is 6. The van der Waals surface area contributed by atoms with Crippen molar-refractivity contribution in [2.45, 2.75) is 33.1 Å². The Morgan fingerprint density at radius 3 is 2.95 bits per heavy atom. The van der Waals surface area contributed by atoms with Crippen LogP contribution in [0.1, 0.15) is 42.1 Å². The first-order chi connectivity index (χ1) is 10.6. The summed E-state index contributed by atoms with van der Waals surface area (Å²) in [4.78, 5) is 14.6. The van der Waals surface area contributed by atoms with Crippen molar-refractivity contribution < 1.29 is 9.53 Å². The van der Waals surface area contributed by atoms with Crippen molar-refractivity contribution in [1.29, 1.82) is 0 Å². The average Bonchev–Trinajstić information content (AvgIpc) is 2.51. The van der Waals surface area contributed by atoms with E-state index in [1.165, 1.54) is 25.9 Å². The molecular formula is C18H28N2O2. The van der Waals surface area contributed by atoms with Gasteiger partial charge in [-0.25, -0.2) is 0 Å². The molecule has 2 rings (SSSR count). The molecule has 0 saturated carbocycles. The van der Waals surface area contributed by atoms with Gasteiger partial charge in [0.2, 0.25) is 0 Å². The van der Waals surface area contributed by atoms with E-state index >= 15 is 0 Å². The highest BCUT2D eigenvalue weighted by atomic mass is 16.5. The van der Waals surface area contributed by atoms with Crippen LogP contribution in [0.5, 0.6) is 5.75 Å². The first kappa shape index (κ1) is 16.8. The van der Waals surface area contributed by atoms with E-state index in [0.717, 1.165) is 36.7 Å². The molecule has 1 saturated heterocycles. The monoisotopic (exact) mass is 304 g/mol. The number of nitrogens with zero attached hydrogens (tertiary/aromatic N) is 1. The summed E-state index contributed by atoms with van der Waals surface area (Å²) in [5, 5.41) is 3.01. The Morgan fingerprint density at radius 1 is 1.45 bits per heavy atom. The second-order valence-electron chi connectivity index (χ2n) is 6.34. The lowest BCUT2D eigenvalue weighted by molar-refractivity contribution is 0.0950. The van der Waals surface area contributed by atoms with E-state index < -0.39 is 0 Å². The number of nitrogens with one attached hydrogen (secondary N) is 1. The van der Waals surface area contributed by atoms with Crippen LogP contribution in [0.4, 0.5) is 0 Å². The van der Waals surface area contributed by atoms with Crippen LogP contribution in [0.3, 0.4) is 0 Å². The van der Waals surface area contributed by atoms with E-state index in [2.05, 4.69) is 17.1 Å². The molecule has 122 valence electrons. The molecule has 22 heavy (non-hydrogen) atoms. The normalized spacial score (nSPS) is 19.0. The molecular weight excluding hydrogens is 276 g/mol. The van der Waals surface area contributed by atoms with Crippen LogP contribution in [-0.4, -0.2) is 44.1 Å². The maximum Gasteiger partial charge on any atom is 0.251 e. The van der Waals surface area contributed by atoms with Gasteiger partial charge in [-0.05, 0) is 69.0 Å².